The minimum atomic E-state index is -0.443. The van der Waals surface area contributed by atoms with Gasteiger partial charge in [-0.1, -0.05) is 44.2 Å². The maximum absolute atomic E-state index is 12.8. The van der Waals surface area contributed by atoms with E-state index in [0.29, 0.717) is 10.9 Å². The van der Waals surface area contributed by atoms with Crippen molar-refractivity contribution in [2.24, 2.45) is 0 Å². The first-order chi connectivity index (χ1) is 14.5. The Bertz CT molecular complexity index is 1160. The molecular weight excluding hydrogens is 418 g/mol. The molecule has 0 radical (unpaired) electrons. The molecule has 30 heavy (non-hydrogen) atoms. The number of aromatic nitrogens is 4. The maximum Gasteiger partial charge on any atom is 0.369 e. The SMILES string of the molecule is CC(C)c1ccc([C@@H](NC(=O)Cn2nnn(-c3cccs3)c2=O)c2cccs2)cc1. The van der Waals surface area contributed by atoms with Gasteiger partial charge in [-0.15, -0.1) is 22.7 Å². The average molecular weight is 440 g/mol. The van der Waals surface area contributed by atoms with Gasteiger partial charge in [0, 0.05) is 4.88 Å². The summed E-state index contributed by atoms with van der Waals surface area (Å²) in [5.41, 5.74) is 1.79. The highest BCUT2D eigenvalue weighted by Crippen LogP contribution is 2.27. The van der Waals surface area contributed by atoms with Gasteiger partial charge in [0.15, 0.2) is 0 Å². The van der Waals surface area contributed by atoms with Crippen LogP contribution in [0.3, 0.4) is 0 Å². The van der Waals surface area contributed by atoms with E-state index in [9.17, 15) is 9.59 Å². The number of carbonyl (C=O) groups excluding carboxylic acids is 1. The molecule has 0 bridgehead atoms. The van der Waals surface area contributed by atoms with Crippen molar-refractivity contribution in [3.63, 3.8) is 0 Å². The minimum absolute atomic E-state index is 0.198. The summed E-state index contributed by atoms with van der Waals surface area (Å²) in [6.07, 6.45) is 0. The topological polar surface area (TPSA) is 81.8 Å². The first-order valence-electron chi connectivity index (χ1n) is 9.52. The van der Waals surface area contributed by atoms with Crippen LogP contribution >= 0.6 is 22.7 Å². The van der Waals surface area contributed by atoms with Crippen LogP contribution in [0.2, 0.25) is 0 Å². The van der Waals surface area contributed by atoms with Crippen molar-refractivity contribution in [2.45, 2.75) is 32.4 Å². The van der Waals surface area contributed by atoms with Gasteiger partial charge in [-0.2, -0.15) is 9.36 Å². The van der Waals surface area contributed by atoms with Crippen LogP contribution < -0.4 is 11.0 Å². The molecule has 0 aliphatic rings. The van der Waals surface area contributed by atoms with E-state index in [1.54, 1.807) is 17.4 Å². The number of carbonyl (C=O) groups is 1. The number of hydrogen-bond acceptors (Lipinski definition) is 6. The number of thiophene rings is 2. The van der Waals surface area contributed by atoms with Gasteiger partial charge in [0.1, 0.15) is 11.5 Å². The fraction of sp³-hybridized carbons (Fsp3) is 0.238. The molecule has 3 aromatic heterocycles. The Morgan fingerprint density at radius 3 is 2.33 bits per heavy atom. The zero-order valence-corrected chi connectivity index (χ0v) is 18.2. The number of benzene rings is 1. The van der Waals surface area contributed by atoms with Crippen LogP contribution in [0.15, 0.2) is 64.1 Å². The third-order valence-corrected chi connectivity index (χ3v) is 6.50. The molecule has 1 N–H and O–H groups in total. The largest absolute Gasteiger partial charge is 0.369 e. The lowest BCUT2D eigenvalue weighted by molar-refractivity contribution is -0.122. The molecule has 9 heteroatoms. The summed E-state index contributed by atoms with van der Waals surface area (Å²) in [6.45, 7) is 4.10. The van der Waals surface area contributed by atoms with Crippen LogP contribution in [0, 0.1) is 0 Å². The summed E-state index contributed by atoms with van der Waals surface area (Å²) < 4.78 is 2.27. The van der Waals surface area contributed by atoms with Crippen LogP contribution in [-0.2, 0) is 11.3 Å². The molecule has 0 aliphatic heterocycles. The Hall–Kier alpha value is -3.04. The number of nitrogens with one attached hydrogen (secondary N) is 1. The van der Waals surface area contributed by atoms with Gasteiger partial charge >= 0.3 is 5.69 Å². The van der Waals surface area contributed by atoms with E-state index in [0.717, 1.165) is 15.1 Å². The standard InChI is InChI=1S/C21H21N5O2S2/c1-14(2)15-7-9-16(10-8-15)20(17-5-3-11-29-17)22-18(27)13-25-21(28)26(24-23-25)19-6-4-12-30-19/h3-12,14,20H,13H2,1-2H3,(H,22,27)/t20-/m1/s1. The summed E-state index contributed by atoms with van der Waals surface area (Å²) in [6, 6.07) is 15.5. The summed E-state index contributed by atoms with van der Waals surface area (Å²) in [5, 5.41) is 15.3. The highest BCUT2D eigenvalue weighted by Gasteiger charge is 2.20. The van der Waals surface area contributed by atoms with Gasteiger partial charge in [0.05, 0.1) is 6.04 Å². The van der Waals surface area contributed by atoms with Crippen molar-refractivity contribution >= 4 is 28.6 Å². The second kappa shape index (κ2) is 8.76. The zero-order valence-electron chi connectivity index (χ0n) is 16.6. The summed E-state index contributed by atoms with van der Waals surface area (Å²) in [7, 11) is 0. The van der Waals surface area contributed by atoms with Gasteiger partial charge in [-0.25, -0.2) is 4.79 Å². The van der Waals surface area contributed by atoms with Gasteiger partial charge in [0.25, 0.3) is 0 Å². The Labute approximate surface area is 181 Å². The molecule has 0 aliphatic carbocycles. The Kier molecular flexibility index (Phi) is 5.91. The average Bonchev–Trinajstić information content (AvgIpc) is 3.50. The third-order valence-electron chi connectivity index (χ3n) is 4.72. The Balaban J connectivity index is 1.54. The first-order valence-corrected chi connectivity index (χ1v) is 11.3. The molecule has 0 fully saturated rings. The van der Waals surface area contributed by atoms with Gasteiger partial charge < -0.3 is 5.32 Å². The van der Waals surface area contributed by atoms with E-state index in [-0.39, 0.29) is 18.5 Å². The molecular formula is C21H21N5O2S2. The highest BCUT2D eigenvalue weighted by molar-refractivity contribution is 7.12. The molecule has 4 rings (SSSR count). The van der Waals surface area contributed by atoms with Crippen LogP contribution in [-0.4, -0.2) is 25.7 Å². The second-order valence-corrected chi connectivity index (χ2v) is 9.02. The van der Waals surface area contributed by atoms with E-state index < -0.39 is 5.69 Å². The van der Waals surface area contributed by atoms with Crippen molar-refractivity contribution in [1.82, 2.24) is 25.1 Å². The number of rotatable bonds is 7. The molecule has 7 nitrogen and oxygen atoms in total. The fourth-order valence-electron chi connectivity index (χ4n) is 3.09. The Morgan fingerprint density at radius 1 is 1.00 bits per heavy atom. The number of hydrogen-bond donors (Lipinski definition) is 1. The van der Waals surface area contributed by atoms with Gasteiger partial charge in [0.2, 0.25) is 5.91 Å². The number of amides is 1. The quantitative estimate of drug-likeness (QED) is 0.477. The van der Waals surface area contributed by atoms with Crippen molar-refractivity contribution in [2.75, 3.05) is 0 Å². The third kappa shape index (κ3) is 4.27. The first kappa shape index (κ1) is 20.2. The zero-order chi connectivity index (χ0) is 21.1. The van der Waals surface area contributed by atoms with E-state index >= 15 is 0 Å². The van der Waals surface area contributed by atoms with Crippen LogP contribution in [0.1, 0.15) is 41.8 Å². The monoisotopic (exact) mass is 439 g/mol. The van der Waals surface area contributed by atoms with Crippen molar-refractivity contribution in [3.8, 4) is 5.00 Å². The Morgan fingerprint density at radius 2 is 1.70 bits per heavy atom. The van der Waals surface area contributed by atoms with E-state index in [2.05, 4.69) is 41.7 Å². The molecule has 1 amide bonds. The normalized spacial score (nSPS) is 12.2. The predicted octanol–water partition coefficient (Wildman–Crippen LogP) is 3.58. The summed E-state index contributed by atoms with van der Waals surface area (Å²) in [5.74, 6) is 0.133. The number of tetrazole rings is 1. The van der Waals surface area contributed by atoms with Crippen molar-refractivity contribution in [1.29, 1.82) is 0 Å². The maximum atomic E-state index is 12.8. The molecule has 4 aromatic rings. The smallest absolute Gasteiger partial charge is 0.343 e. The summed E-state index contributed by atoms with van der Waals surface area (Å²) >= 11 is 2.96. The van der Waals surface area contributed by atoms with Gasteiger partial charge in [-0.05, 0) is 56.4 Å². The summed E-state index contributed by atoms with van der Waals surface area (Å²) in [4.78, 5) is 26.3. The van der Waals surface area contributed by atoms with E-state index in [1.165, 1.54) is 21.6 Å². The highest BCUT2D eigenvalue weighted by atomic mass is 32.1. The molecule has 0 saturated heterocycles. The second-order valence-electron chi connectivity index (χ2n) is 7.12. The van der Waals surface area contributed by atoms with Crippen molar-refractivity contribution in [3.05, 3.63) is 85.8 Å². The van der Waals surface area contributed by atoms with E-state index in [1.807, 2.05) is 41.1 Å². The fourth-order valence-corrected chi connectivity index (χ4v) is 4.56. The molecule has 3 heterocycles. The predicted molar refractivity (Wildman–Crippen MR) is 118 cm³/mol. The lowest BCUT2D eigenvalue weighted by Crippen LogP contribution is -2.35. The molecule has 0 spiro atoms. The number of nitrogens with zero attached hydrogens (tertiary/aromatic N) is 4. The molecule has 0 saturated carbocycles. The molecule has 1 aromatic carbocycles. The van der Waals surface area contributed by atoms with E-state index in [4.69, 9.17) is 0 Å². The van der Waals surface area contributed by atoms with Crippen LogP contribution in [0.5, 0.6) is 0 Å². The molecule has 154 valence electrons. The van der Waals surface area contributed by atoms with Crippen LogP contribution in [0.4, 0.5) is 0 Å². The van der Waals surface area contributed by atoms with Gasteiger partial charge in [-0.3, -0.25) is 4.79 Å². The molecule has 1 atom stereocenters. The minimum Gasteiger partial charge on any atom is -0.343 e. The van der Waals surface area contributed by atoms with Crippen LogP contribution in [0.25, 0.3) is 5.00 Å². The lowest BCUT2D eigenvalue weighted by Gasteiger charge is -2.19. The molecule has 0 unspecified atom stereocenters. The lowest BCUT2D eigenvalue weighted by atomic mass is 9.98. The van der Waals surface area contributed by atoms with Crippen molar-refractivity contribution < 1.29 is 4.79 Å².